The largest absolute Gasteiger partial charge is 0.366 e. The maximum Gasteiger partial charge on any atom is 0.165 e. The molecule has 1 rings (SSSR count). The molecule has 1 atom stereocenters. The van der Waals surface area contributed by atoms with E-state index < -0.39 is 6.10 Å². The molecule has 0 amide bonds. The van der Waals surface area contributed by atoms with Crippen molar-refractivity contribution < 1.29 is 9.53 Å². The van der Waals surface area contributed by atoms with Gasteiger partial charge in [-0.25, -0.2) is 0 Å². The first-order valence-corrected chi connectivity index (χ1v) is 6.81. The van der Waals surface area contributed by atoms with E-state index in [4.69, 9.17) is 4.74 Å². The Morgan fingerprint density at radius 3 is 2.22 bits per heavy atom. The van der Waals surface area contributed by atoms with Crippen molar-refractivity contribution in [2.24, 2.45) is 5.92 Å². The highest BCUT2D eigenvalue weighted by molar-refractivity contribution is 5.84. The molecule has 0 aromatic heterocycles. The van der Waals surface area contributed by atoms with Crippen LogP contribution in [0.15, 0.2) is 24.3 Å². The summed E-state index contributed by atoms with van der Waals surface area (Å²) in [6.07, 6.45) is 1.19. The Kier molecular flexibility index (Phi) is 6.06. The van der Waals surface area contributed by atoms with E-state index in [-0.39, 0.29) is 5.78 Å². The Hall–Kier alpha value is -1.15. The molecular formula is C16H24O2. The van der Waals surface area contributed by atoms with Crippen LogP contribution in [-0.2, 0) is 16.0 Å². The lowest BCUT2D eigenvalue weighted by molar-refractivity contribution is -0.130. The number of carbonyl (C=O) groups is 1. The Morgan fingerprint density at radius 2 is 1.78 bits per heavy atom. The van der Waals surface area contributed by atoms with E-state index in [0.29, 0.717) is 18.9 Å². The molecule has 1 aromatic carbocycles. The van der Waals surface area contributed by atoms with Crippen molar-refractivity contribution in [3.8, 4) is 0 Å². The first kappa shape index (κ1) is 14.9. The Balaban J connectivity index is 2.83. The Labute approximate surface area is 110 Å². The van der Waals surface area contributed by atoms with Crippen molar-refractivity contribution in [1.29, 1.82) is 0 Å². The zero-order valence-electron chi connectivity index (χ0n) is 11.9. The van der Waals surface area contributed by atoms with Crippen LogP contribution in [0.3, 0.4) is 0 Å². The van der Waals surface area contributed by atoms with E-state index in [9.17, 15) is 4.79 Å². The zero-order chi connectivity index (χ0) is 13.5. The lowest BCUT2D eigenvalue weighted by Gasteiger charge is -2.16. The number of Topliss-reactive ketones (excluding diaryl/α,β-unsaturated/α-hetero) is 1. The fourth-order valence-electron chi connectivity index (χ4n) is 2.03. The summed E-state index contributed by atoms with van der Waals surface area (Å²) in [6.45, 7) is 8.77. The van der Waals surface area contributed by atoms with Gasteiger partial charge in [-0.3, -0.25) is 4.79 Å². The highest BCUT2D eigenvalue weighted by Crippen LogP contribution is 2.21. The van der Waals surface area contributed by atoms with Gasteiger partial charge >= 0.3 is 0 Å². The first-order valence-electron chi connectivity index (χ1n) is 6.81. The summed E-state index contributed by atoms with van der Waals surface area (Å²) in [7, 11) is 0. The summed E-state index contributed by atoms with van der Waals surface area (Å²) < 4.78 is 5.55. The molecule has 0 radical (unpaired) electrons. The number of carbonyl (C=O) groups excluding carboxylic acids is 1. The molecule has 0 aliphatic heterocycles. The van der Waals surface area contributed by atoms with E-state index in [0.717, 1.165) is 12.0 Å². The Morgan fingerprint density at radius 1 is 1.17 bits per heavy atom. The van der Waals surface area contributed by atoms with Gasteiger partial charge in [0.1, 0.15) is 6.10 Å². The number of benzene rings is 1. The monoisotopic (exact) mass is 248 g/mol. The highest BCUT2D eigenvalue weighted by atomic mass is 16.5. The molecule has 0 N–H and O–H groups in total. The van der Waals surface area contributed by atoms with Crippen molar-refractivity contribution in [1.82, 2.24) is 0 Å². The summed E-state index contributed by atoms with van der Waals surface area (Å²) in [5.41, 5.74) is 2.28. The van der Waals surface area contributed by atoms with Crippen LogP contribution in [0.4, 0.5) is 0 Å². The van der Waals surface area contributed by atoms with Crippen molar-refractivity contribution in [2.75, 3.05) is 6.61 Å². The van der Waals surface area contributed by atoms with Gasteiger partial charge in [0.05, 0.1) is 0 Å². The van der Waals surface area contributed by atoms with E-state index >= 15 is 0 Å². The molecule has 0 saturated carbocycles. The fourth-order valence-corrected chi connectivity index (χ4v) is 2.03. The van der Waals surface area contributed by atoms with Crippen LogP contribution in [0.2, 0.25) is 0 Å². The fraction of sp³-hybridized carbons (Fsp3) is 0.562. The summed E-state index contributed by atoms with van der Waals surface area (Å²) in [4.78, 5) is 11.8. The Bertz CT molecular complexity index is 365. The average Bonchev–Trinajstić information content (AvgIpc) is 2.35. The summed E-state index contributed by atoms with van der Waals surface area (Å²) in [6, 6.07) is 8.24. The van der Waals surface area contributed by atoms with Gasteiger partial charge in [0.15, 0.2) is 5.78 Å². The molecule has 2 heteroatoms. The van der Waals surface area contributed by atoms with Crippen molar-refractivity contribution in [3.63, 3.8) is 0 Å². The van der Waals surface area contributed by atoms with Gasteiger partial charge in [-0.15, -0.1) is 0 Å². The second-order valence-corrected chi connectivity index (χ2v) is 4.99. The van der Waals surface area contributed by atoms with E-state index in [1.165, 1.54) is 5.56 Å². The highest BCUT2D eigenvalue weighted by Gasteiger charge is 2.18. The quantitative estimate of drug-likeness (QED) is 0.730. The molecule has 0 heterocycles. The number of ketones is 1. The summed E-state index contributed by atoms with van der Waals surface area (Å²) in [5.74, 6) is 0.796. The SMILES string of the molecule is CCOC(C(=O)CC)c1ccc(CC(C)C)cc1. The lowest BCUT2D eigenvalue weighted by atomic mass is 9.98. The predicted molar refractivity (Wildman–Crippen MR) is 74.6 cm³/mol. The minimum Gasteiger partial charge on any atom is -0.366 e. The molecule has 0 saturated heterocycles. The van der Waals surface area contributed by atoms with Gasteiger partial charge in [0, 0.05) is 13.0 Å². The molecule has 100 valence electrons. The van der Waals surface area contributed by atoms with Gasteiger partial charge < -0.3 is 4.74 Å². The zero-order valence-corrected chi connectivity index (χ0v) is 11.9. The number of rotatable bonds is 7. The van der Waals surface area contributed by atoms with Crippen LogP contribution in [0.5, 0.6) is 0 Å². The molecule has 1 unspecified atom stereocenters. The normalized spacial score (nSPS) is 12.7. The van der Waals surface area contributed by atoms with Crippen LogP contribution < -0.4 is 0 Å². The maximum absolute atomic E-state index is 11.8. The standard InChI is InChI=1S/C16H24O2/c1-5-15(17)16(18-6-2)14-9-7-13(8-10-14)11-12(3)4/h7-10,12,16H,5-6,11H2,1-4H3. The molecule has 0 fully saturated rings. The number of hydrogen-bond donors (Lipinski definition) is 0. The molecule has 0 spiro atoms. The lowest BCUT2D eigenvalue weighted by Crippen LogP contribution is -2.15. The molecule has 0 aliphatic carbocycles. The first-order chi connectivity index (χ1) is 8.58. The van der Waals surface area contributed by atoms with Crippen LogP contribution in [0.1, 0.15) is 51.3 Å². The third-order valence-electron chi connectivity index (χ3n) is 2.90. The smallest absolute Gasteiger partial charge is 0.165 e. The number of hydrogen-bond acceptors (Lipinski definition) is 2. The van der Waals surface area contributed by atoms with Crippen LogP contribution in [-0.4, -0.2) is 12.4 Å². The predicted octanol–water partition coefficient (Wildman–Crippen LogP) is 3.94. The van der Waals surface area contributed by atoms with Crippen molar-refractivity contribution >= 4 is 5.78 Å². The maximum atomic E-state index is 11.8. The summed E-state index contributed by atoms with van der Waals surface area (Å²) in [5, 5.41) is 0. The van der Waals surface area contributed by atoms with Crippen LogP contribution in [0, 0.1) is 5.92 Å². The molecule has 0 bridgehead atoms. The van der Waals surface area contributed by atoms with Gasteiger partial charge in [-0.05, 0) is 30.4 Å². The van der Waals surface area contributed by atoms with Crippen LogP contribution >= 0.6 is 0 Å². The average molecular weight is 248 g/mol. The molecule has 18 heavy (non-hydrogen) atoms. The van der Waals surface area contributed by atoms with Gasteiger partial charge in [0.25, 0.3) is 0 Å². The molecule has 2 nitrogen and oxygen atoms in total. The van der Waals surface area contributed by atoms with Crippen molar-refractivity contribution in [3.05, 3.63) is 35.4 Å². The van der Waals surface area contributed by atoms with Crippen LogP contribution in [0.25, 0.3) is 0 Å². The van der Waals surface area contributed by atoms with Gasteiger partial charge in [-0.1, -0.05) is 45.0 Å². The minimum absolute atomic E-state index is 0.147. The number of ether oxygens (including phenoxy) is 1. The topological polar surface area (TPSA) is 26.3 Å². The van der Waals surface area contributed by atoms with Crippen molar-refractivity contribution in [2.45, 2.75) is 46.6 Å². The van der Waals surface area contributed by atoms with Gasteiger partial charge in [-0.2, -0.15) is 0 Å². The van der Waals surface area contributed by atoms with Gasteiger partial charge in [0.2, 0.25) is 0 Å². The van der Waals surface area contributed by atoms with E-state index in [1.54, 1.807) is 0 Å². The molecule has 0 aliphatic rings. The molecule has 1 aromatic rings. The second kappa shape index (κ2) is 7.32. The third-order valence-corrected chi connectivity index (χ3v) is 2.90. The molecular weight excluding hydrogens is 224 g/mol. The second-order valence-electron chi connectivity index (χ2n) is 4.99. The van der Waals surface area contributed by atoms with E-state index in [1.807, 2.05) is 26.0 Å². The third kappa shape index (κ3) is 4.26. The minimum atomic E-state index is -0.395. The summed E-state index contributed by atoms with van der Waals surface area (Å²) >= 11 is 0. The van der Waals surface area contributed by atoms with E-state index in [2.05, 4.69) is 26.0 Å².